The number of nitrogens with one attached hydrogen (secondary N) is 1. The fraction of sp³-hybridized carbons (Fsp3) is 0.600. The summed E-state index contributed by atoms with van der Waals surface area (Å²) in [7, 11) is 0. The van der Waals surface area contributed by atoms with Crippen molar-refractivity contribution in [1.82, 2.24) is 0 Å². The van der Waals surface area contributed by atoms with Crippen molar-refractivity contribution in [2.45, 2.75) is 43.9 Å². The molecule has 0 unspecified atom stereocenters. The summed E-state index contributed by atoms with van der Waals surface area (Å²) in [6.45, 7) is 2.53. The number of nitrogens with two attached hydrogens (primary N) is 1. The normalized spacial score (nSPS) is 17.8. The van der Waals surface area contributed by atoms with Gasteiger partial charge in [0.25, 0.3) is 0 Å². The molecule has 4 nitrogen and oxygen atoms in total. The van der Waals surface area contributed by atoms with Gasteiger partial charge in [-0.05, 0) is 41.5 Å². The van der Waals surface area contributed by atoms with Gasteiger partial charge in [0.05, 0.1) is 6.61 Å². The Morgan fingerprint density at radius 2 is 1.91 bits per heavy atom. The maximum atomic E-state index is 13.1. The molecule has 1 heterocycles. The van der Waals surface area contributed by atoms with Crippen LogP contribution in [0.5, 0.6) is 0 Å². The van der Waals surface area contributed by atoms with Crippen LogP contribution in [0.4, 0.5) is 24.5 Å². The summed E-state index contributed by atoms with van der Waals surface area (Å²) in [5.74, 6) is 0. The zero-order valence-corrected chi connectivity index (χ0v) is 12.6. The van der Waals surface area contributed by atoms with Crippen LogP contribution < -0.4 is 11.1 Å². The van der Waals surface area contributed by atoms with Gasteiger partial charge in [0.1, 0.15) is 0 Å². The van der Waals surface area contributed by atoms with Gasteiger partial charge in [0.15, 0.2) is 5.60 Å². The fourth-order valence-electron chi connectivity index (χ4n) is 3.06. The van der Waals surface area contributed by atoms with Gasteiger partial charge >= 0.3 is 6.18 Å². The second-order valence-corrected chi connectivity index (χ2v) is 6.53. The van der Waals surface area contributed by atoms with Crippen LogP contribution in [-0.2, 0) is 11.8 Å². The first-order valence-electron chi connectivity index (χ1n) is 7.07. The van der Waals surface area contributed by atoms with E-state index < -0.39 is 30.2 Å². The third-order valence-corrected chi connectivity index (χ3v) is 4.19. The minimum atomic E-state index is -4.91. The van der Waals surface area contributed by atoms with Gasteiger partial charge in [-0.2, -0.15) is 13.2 Å². The Bertz CT molecular complexity index is 573. The molecule has 7 heteroatoms. The molecule has 1 aliphatic rings. The van der Waals surface area contributed by atoms with Crippen molar-refractivity contribution in [3.8, 4) is 0 Å². The quantitative estimate of drug-likeness (QED) is 0.642. The molecule has 2 rings (SSSR count). The average molecular weight is 318 g/mol. The molecular formula is C15H21F3N2O2. The standard InChI is InChI=1S/C15H21F3N2O2/c1-13(2,7-14(22,8-21)15(16,17)18)11-6-10(19)5-9-3-4-20-12(9)11/h5-6,20-22H,3-4,7-8,19H2,1-2H3/t14-/m0/s1. The fourth-order valence-corrected chi connectivity index (χ4v) is 3.06. The molecule has 22 heavy (non-hydrogen) atoms. The Morgan fingerprint density at radius 1 is 1.27 bits per heavy atom. The lowest BCUT2D eigenvalue weighted by atomic mass is 9.74. The first-order valence-corrected chi connectivity index (χ1v) is 7.07. The van der Waals surface area contributed by atoms with Gasteiger partial charge in [-0.3, -0.25) is 0 Å². The zero-order valence-electron chi connectivity index (χ0n) is 12.6. The molecule has 0 radical (unpaired) electrons. The van der Waals surface area contributed by atoms with Crippen molar-refractivity contribution in [3.05, 3.63) is 23.3 Å². The second kappa shape index (κ2) is 5.31. The molecule has 5 N–H and O–H groups in total. The lowest BCUT2D eigenvalue weighted by Gasteiger charge is -2.37. The predicted molar refractivity (Wildman–Crippen MR) is 78.8 cm³/mol. The number of nitrogen functional groups attached to an aromatic ring is 1. The molecule has 0 amide bonds. The van der Waals surface area contributed by atoms with E-state index in [1.54, 1.807) is 26.0 Å². The van der Waals surface area contributed by atoms with Gasteiger partial charge < -0.3 is 21.3 Å². The van der Waals surface area contributed by atoms with E-state index in [0.29, 0.717) is 17.8 Å². The summed E-state index contributed by atoms with van der Waals surface area (Å²) >= 11 is 0. The minimum absolute atomic E-state index is 0.477. The number of alkyl halides is 3. The summed E-state index contributed by atoms with van der Waals surface area (Å²) in [6, 6.07) is 3.43. The average Bonchev–Trinajstić information content (AvgIpc) is 2.83. The van der Waals surface area contributed by atoms with E-state index >= 15 is 0 Å². The lowest BCUT2D eigenvalue weighted by molar-refractivity contribution is -0.277. The molecule has 0 saturated heterocycles. The SMILES string of the molecule is CC(C)(C[C@](O)(CO)C(F)(F)F)c1cc(N)cc2c1NCC2. The van der Waals surface area contributed by atoms with Crippen LogP contribution in [0.25, 0.3) is 0 Å². The summed E-state index contributed by atoms with van der Waals surface area (Å²) in [5, 5.41) is 22.1. The Hall–Kier alpha value is -1.47. The first kappa shape index (κ1) is 16.9. The van der Waals surface area contributed by atoms with E-state index in [2.05, 4.69) is 5.32 Å². The molecule has 0 aromatic heterocycles. The number of aliphatic hydroxyl groups is 2. The van der Waals surface area contributed by atoms with E-state index in [-0.39, 0.29) is 0 Å². The Kier molecular flexibility index (Phi) is 4.08. The molecule has 1 aromatic carbocycles. The molecular weight excluding hydrogens is 297 g/mol. The van der Waals surface area contributed by atoms with Crippen LogP contribution in [0.1, 0.15) is 31.4 Å². The van der Waals surface area contributed by atoms with E-state index in [1.165, 1.54) is 0 Å². The monoisotopic (exact) mass is 318 g/mol. The summed E-state index contributed by atoms with van der Waals surface area (Å²) < 4.78 is 39.2. The third-order valence-electron chi connectivity index (χ3n) is 4.19. The zero-order chi connectivity index (χ0) is 16.8. The Morgan fingerprint density at radius 3 is 2.45 bits per heavy atom. The van der Waals surface area contributed by atoms with E-state index in [4.69, 9.17) is 10.8 Å². The van der Waals surface area contributed by atoms with Crippen LogP contribution in [0.15, 0.2) is 12.1 Å². The molecule has 1 aromatic rings. The van der Waals surface area contributed by atoms with Gasteiger partial charge in [-0.25, -0.2) is 0 Å². The van der Waals surface area contributed by atoms with Crippen molar-refractivity contribution < 1.29 is 23.4 Å². The van der Waals surface area contributed by atoms with Crippen molar-refractivity contribution in [3.63, 3.8) is 0 Å². The van der Waals surface area contributed by atoms with Crippen molar-refractivity contribution in [2.24, 2.45) is 0 Å². The Labute approximate surface area is 127 Å². The predicted octanol–water partition coefficient (Wildman–Crippen LogP) is 2.19. The molecule has 0 aliphatic carbocycles. The highest BCUT2D eigenvalue weighted by Crippen LogP contribution is 2.44. The van der Waals surface area contributed by atoms with Crippen LogP contribution >= 0.6 is 0 Å². The number of aliphatic hydroxyl groups excluding tert-OH is 1. The van der Waals surface area contributed by atoms with E-state index in [1.807, 2.05) is 0 Å². The summed E-state index contributed by atoms with van der Waals surface area (Å²) in [6.07, 6.45) is -4.81. The number of benzene rings is 1. The highest BCUT2D eigenvalue weighted by molar-refractivity contribution is 5.68. The summed E-state index contributed by atoms with van der Waals surface area (Å²) in [4.78, 5) is 0. The van der Waals surface area contributed by atoms with Gasteiger partial charge in [-0.15, -0.1) is 0 Å². The maximum Gasteiger partial charge on any atom is 0.419 e. The van der Waals surface area contributed by atoms with Gasteiger partial charge in [0.2, 0.25) is 0 Å². The first-order chi connectivity index (χ1) is 10.00. The number of hydrogen-bond acceptors (Lipinski definition) is 4. The molecule has 0 fully saturated rings. The molecule has 0 bridgehead atoms. The topological polar surface area (TPSA) is 78.5 Å². The number of fused-ring (bicyclic) bond motifs is 1. The highest BCUT2D eigenvalue weighted by atomic mass is 19.4. The lowest BCUT2D eigenvalue weighted by Crippen LogP contribution is -2.52. The third kappa shape index (κ3) is 2.87. The van der Waals surface area contributed by atoms with Gasteiger partial charge in [0, 0.05) is 17.9 Å². The van der Waals surface area contributed by atoms with Crippen LogP contribution in [0.2, 0.25) is 0 Å². The van der Waals surface area contributed by atoms with Crippen molar-refractivity contribution >= 4 is 11.4 Å². The van der Waals surface area contributed by atoms with Crippen molar-refractivity contribution in [1.29, 1.82) is 0 Å². The Balaban J connectivity index is 2.43. The van der Waals surface area contributed by atoms with Crippen LogP contribution in [-0.4, -0.2) is 35.1 Å². The van der Waals surface area contributed by atoms with E-state index in [9.17, 15) is 18.3 Å². The molecule has 1 atom stereocenters. The van der Waals surface area contributed by atoms with Crippen molar-refractivity contribution in [2.75, 3.05) is 24.2 Å². The summed E-state index contributed by atoms with van der Waals surface area (Å²) in [5.41, 5.74) is 4.52. The molecule has 1 aliphatic heterocycles. The number of hydrogen-bond donors (Lipinski definition) is 4. The highest BCUT2D eigenvalue weighted by Gasteiger charge is 2.56. The number of halogens is 3. The van der Waals surface area contributed by atoms with Crippen LogP contribution in [0, 0.1) is 0 Å². The molecule has 0 saturated carbocycles. The molecule has 0 spiro atoms. The van der Waals surface area contributed by atoms with E-state index in [0.717, 1.165) is 17.7 Å². The second-order valence-electron chi connectivity index (χ2n) is 6.53. The smallest absolute Gasteiger partial charge is 0.399 e. The largest absolute Gasteiger partial charge is 0.419 e. The maximum absolute atomic E-state index is 13.1. The minimum Gasteiger partial charge on any atom is -0.399 e. The van der Waals surface area contributed by atoms with Gasteiger partial charge in [-0.1, -0.05) is 13.8 Å². The van der Waals surface area contributed by atoms with Crippen LogP contribution in [0.3, 0.4) is 0 Å². The number of rotatable bonds is 4. The molecule has 124 valence electrons. The number of anilines is 2.